The number of alkyl halides is 2. The summed E-state index contributed by atoms with van der Waals surface area (Å²) in [5.41, 5.74) is 0. The highest BCUT2D eigenvalue weighted by Gasteiger charge is 2.29. The van der Waals surface area contributed by atoms with Crippen molar-refractivity contribution >= 4 is 10.0 Å². The summed E-state index contributed by atoms with van der Waals surface area (Å²) in [6.45, 7) is -2.57. The summed E-state index contributed by atoms with van der Waals surface area (Å²) < 4.78 is 74.9. The molecule has 0 aliphatic heterocycles. The lowest BCUT2D eigenvalue weighted by atomic mass is 10.3. The zero-order valence-electron chi connectivity index (χ0n) is 9.56. The van der Waals surface area contributed by atoms with Crippen molar-refractivity contribution in [3.63, 3.8) is 0 Å². The molecule has 108 valence electrons. The normalized spacial score (nSPS) is 12.4. The van der Waals surface area contributed by atoms with Gasteiger partial charge < -0.3 is 5.11 Å². The van der Waals surface area contributed by atoms with Crippen molar-refractivity contribution in [2.45, 2.75) is 11.3 Å². The maximum atomic E-state index is 13.4. The van der Waals surface area contributed by atoms with Crippen molar-refractivity contribution in [3.8, 4) is 0 Å². The molecule has 0 aromatic heterocycles. The van der Waals surface area contributed by atoms with E-state index in [0.717, 1.165) is 0 Å². The van der Waals surface area contributed by atoms with Gasteiger partial charge in [0.05, 0.1) is 13.2 Å². The van der Waals surface area contributed by atoms with Crippen molar-refractivity contribution in [2.24, 2.45) is 0 Å². The fourth-order valence-electron chi connectivity index (χ4n) is 1.39. The third-order valence-corrected chi connectivity index (χ3v) is 4.08. The number of benzene rings is 1. The number of aliphatic hydroxyl groups is 1. The van der Waals surface area contributed by atoms with Crippen LogP contribution in [0.15, 0.2) is 23.1 Å². The Bertz CT molecular complexity index is 536. The number of aliphatic hydroxyl groups excluding tert-OH is 1. The van der Waals surface area contributed by atoms with Crippen molar-refractivity contribution in [3.05, 3.63) is 29.8 Å². The summed E-state index contributed by atoms with van der Waals surface area (Å²) >= 11 is 0. The third kappa shape index (κ3) is 3.88. The van der Waals surface area contributed by atoms with Gasteiger partial charge in [-0.1, -0.05) is 0 Å². The molecule has 0 saturated carbocycles. The van der Waals surface area contributed by atoms with E-state index in [9.17, 15) is 26.0 Å². The summed E-state index contributed by atoms with van der Waals surface area (Å²) in [6, 6.07) is 1.69. The molecular formula is C10H11F4NO3S. The Balaban J connectivity index is 3.22. The Hall–Kier alpha value is -1.19. The minimum Gasteiger partial charge on any atom is -0.395 e. The van der Waals surface area contributed by atoms with E-state index in [1.807, 2.05) is 0 Å². The molecule has 1 aromatic carbocycles. The van der Waals surface area contributed by atoms with E-state index in [-0.39, 0.29) is 4.31 Å². The Morgan fingerprint density at radius 2 is 1.89 bits per heavy atom. The molecule has 1 N–H and O–H groups in total. The Morgan fingerprint density at radius 1 is 1.26 bits per heavy atom. The van der Waals surface area contributed by atoms with Crippen LogP contribution in [0.3, 0.4) is 0 Å². The Kier molecular flexibility index (Phi) is 5.27. The van der Waals surface area contributed by atoms with Gasteiger partial charge in [0.25, 0.3) is 6.43 Å². The molecule has 0 spiro atoms. The van der Waals surface area contributed by atoms with Crippen molar-refractivity contribution in [1.29, 1.82) is 0 Å². The molecule has 0 atom stereocenters. The first kappa shape index (κ1) is 15.9. The average molecular weight is 301 g/mol. The molecule has 4 nitrogen and oxygen atoms in total. The number of sulfonamides is 1. The fraction of sp³-hybridized carbons (Fsp3) is 0.400. The van der Waals surface area contributed by atoms with E-state index in [1.165, 1.54) is 0 Å². The van der Waals surface area contributed by atoms with E-state index in [0.29, 0.717) is 18.2 Å². The van der Waals surface area contributed by atoms with Crippen LogP contribution in [0.25, 0.3) is 0 Å². The smallest absolute Gasteiger partial charge is 0.252 e. The standard InChI is InChI=1S/C10H11F4NO3S/c11-7-1-2-8(12)9(5-7)19(17,18)15(3-4-16)6-10(13)14/h1-2,5,10,16H,3-4,6H2. The molecular weight excluding hydrogens is 290 g/mol. The first-order valence-corrected chi connectivity index (χ1v) is 6.57. The number of halogens is 4. The molecule has 19 heavy (non-hydrogen) atoms. The van der Waals surface area contributed by atoms with Crippen molar-refractivity contribution in [2.75, 3.05) is 19.7 Å². The molecule has 1 aromatic rings. The van der Waals surface area contributed by atoms with Crippen LogP contribution in [0, 0.1) is 11.6 Å². The quantitative estimate of drug-likeness (QED) is 0.804. The highest BCUT2D eigenvalue weighted by atomic mass is 32.2. The van der Waals surface area contributed by atoms with E-state index in [2.05, 4.69) is 0 Å². The van der Waals surface area contributed by atoms with Gasteiger partial charge in [-0.05, 0) is 18.2 Å². The SMILES string of the molecule is O=S(=O)(c1cc(F)ccc1F)N(CCO)CC(F)F. The van der Waals surface area contributed by atoms with E-state index in [1.54, 1.807) is 0 Å². The second kappa shape index (κ2) is 6.31. The minimum absolute atomic E-state index is 0.204. The molecule has 9 heteroatoms. The van der Waals surface area contributed by atoms with Crippen LogP contribution in [0.1, 0.15) is 0 Å². The zero-order valence-corrected chi connectivity index (χ0v) is 10.4. The molecule has 0 saturated heterocycles. The van der Waals surface area contributed by atoms with Crippen LogP contribution in [-0.2, 0) is 10.0 Å². The highest BCUT2D eigenvalue weighted by molar-refractivity contribution is 7.89. The molecule has 0 aliphatic carbocycles. The Morgan fingerprint density at radius 3 is 2.42 bits per heavy atom. The number of nitrogens with zero attached hydrogens (tertiary/aromatic N) is 1. The van der Waals surface area contributed by atoms with Gasteiger partial charge in [-0.25, -0.2) is 26.0 Å². The summed E-state index contributed by atoms with van der Waals surface area (Å²) in [5, 5.41) is 8.66. The number of hydrogen-bond acceptors (Lipinski definition) is 3. The minimum atomic E-state index is -4.63. The van der Waals surface area contributed by atoms with E-state index < -0.39 is 52.7 Å². The van der Waals surface area contributed by atoms with Crippen LogP contribution in [0.5, 0.6) is 0 Å². The van der Waals surface area contributed by atoms with Gasteiger partial charge in [-0.3, -0.25) is 0 Å². The maximum Gasteiger partial charge on any atom is 0.252 e. The van der Waals surface area contributed by atoms with Crippen molar-refractivity contribution < 1.29 is 31.1 Å². The largest absolute Gasteiger partial charge is 0.395 e. The number of hydrogen-bond donors (Lipinski definition) is 1. The van der Waals surface area contributed by atoms with Gasteiger partial charge in [0, 0.05) is 6.54 Å². The second-order valence-corrected chi connectivity index (χ2v) is 5.46. The van der Waals surface area contributed by atoms with Crippen LogP contribution < -0.4 is 0 Å². The van der Waals surface area contributed by atoms with Crippen molar-refractivity contribution in [1.82, 2.24) is 4.31 Å². The summed E-state index contributed by atoms with van der Waals surface area (Å²) in [7, 11) is -4.63. The van der Waals surface area contributed by atoms with Gasteiger partial charge >= 0.3 is 0 Å². The lowest BCUT2D eigenvalue weighted by Crippen LogP contribution is -2.37. The molecule has 0 bridgehead atoms. The van der Waals surface area contributed by atoms with Crippen LogP contribution in [-0.4, -0.2) is 44.0 Å². The van der Waals surface area contributed by atoms with Crippen LogP contribution >= 0.6 is 0 Å². The van der Waals surface area contributed by atoms with Gasteiger partial charge in [0.1, 0.15) is 16.5 Å². The van der Waals surface area contributed by atoms with Crippen LogP contribution in [0.4, 0.5) is 17.6 Å². The first-order valence-electron chi connectivity index (χ1n) is 5.13. The molecule has 0 aliphatic rings. The molecule has 0 amide bonds. The summed E-state index contributed by atoms with van der Waals surface area (Å²) in [5.74, 6) is -2.26. The highest BCUT2D eigenvalue weighted by Crippen LogP contribution is 2.21. The molecule has 0 heterocycles. The zero-order chi connectivity index (χ0) is 14.6. The fourth-order valence-corrected chi connectivity index (χ4v) is 2.87. The van der Waals surface area contributed by atoms with E-state index in [4.69, 9.17) is 5.11 Å². The van der Waals surface area contributed by atoms with Gasteiger partial charge in [0.15, 0.2) is 0 Å². The first-order chi connectivity index (χ1) is 8.78. The third-order valence-electron chi connectivity index (χ3n) is 2.20. The topological polar surface area (TPSA) is 57.6 Å². The van der Waals surface area contributed by atoms with E-state index >= 15 is 0 Å². The van der Waals surface area contributed by atoms with Gasteiger partial charge in [-0.15, -0.1) is 0 Å². The molecule has 0 fully saturated rings. The predicted octanol–water partition coefficient (Wildman–Crippen LogP) is 1.21. The lowest BCUT2D eigenvalue weighted by Gasteiger charge is -2.21. The monoisotopic (exact) mass is 301 g/mol. The maximum absolute atomic E-state index is 13.4. The molecule has 0 radical (unpaired) electrons. The summed E-state index contributed by atoms with van der Waals surface area (Å²) in [6.07, 6.45) is -3.00. The molecule has 0 unspecified atom stereocenters. The Labute approximate surface area is 107 Å². The lowest BCUT2D eigenvalue weighted by molar-refractivity contribution is 0.113. The van der Waals surface area contributed by atoms with Crippen LogP contribution in [0.2, 0.25) is 0 Å². The van der Waals surface area contributed by atoms with Gasteiger partial charge in [0.2, 0.25) is 10.0 Å². The number of rotatable bonds is 6. The second-order valence-electron chi connectivity index (χ2n) is 3.55. The molecule has 1 rings (SSSR count). The van der Waals surface area contributed by atoms with Gasteiger partial charge in [-0.2, -0.15) is 4.31 Å². The summed E-state index contributed by atoms with van der Waals surface area (Å²) in [4.78, 5) is -1.04. The average Bonchev–Trinajstić information content (AvgIpc) is 2.31. The predicted molar refractivity (Wildman–Crippen MR) is 58.2 cm³/mol.